The van der Waals surface area contributed by atoms with Crippen molar-refractivity contribution in [2.24, 2.45) is 5.10 Å². The van der Waals surface area contributed by atoms with Crippen LogP contribution in [0.15, 0.2) is 23.3 Å². The summed E-state index contributed by atoms with van der Waals surface area (Å²) in [5, 5.41) is 3.79. The van der Waals surface area contributed by atoms with Crippen LogP contribution < -0.4 is 10.2 Å². The molecule has 0 radical (unpaired) electrons. The van der Waals surface area contributed by atoms with Crippen molar-refractivity contribution in [3.63, 3.8) is 0 Å². The maximum Gasteiger partial charge on any atom is 0.236 e. The predicted molar refractivity (Wildman–Crippen MR) is 71.7 cm³/mol. The summed E-state index contributed by atoms with van der Waals surface area (Å²) in [7, 11) is 0. The largest absolute Gasteiger partial charge is 0.493 e. The zero-order valence-electron chi connectivity index (χ0n) is 9.16. The molecule has 0 aliphatic rings. The average Bonchev–Trinajstić information content (AvgIpc) is 2.21. The van der Waals surface area contributed by atoms with Crippen LogP contribution in [0.2, 0.25) is 0 Å². The van der Waals surface area contributed by atoms with Crippen LogP contribution in [0.4, 0.5) is 0 Å². The van der Waals surface area contributed by atoms with Gasteiger partial charge in [-0.1, -0.05) is 0 Å². The van der Waals surface area contributed by atoms with E-state index in [0.29, 0.717) is 6.61 Å². The molecule has 0 aliphatic heterocycles. The Bertz CT molecular complexity index is 405. The molecule has 0 bridgehead atoms. The van der Waals surface area contributed by atoms with Crippen LogP contribution in [0, 0.1) is 3.57 Å². The minimum absolute atomic E-state index is 0.183. The van der Waals surface area contributed by atoms with Crippen LogP contribution in [0.25, 0.3) is 0 Å². The van der Waals surface area contributed by atoms with Gasteiger partial charge in [0.05, 0.1) is 16.4 Å². The van der Waals surface area contributed by atoms with Gasteiger partial charge in [0, 0.05) is 6.92 Å². The first-order chi connectivity index (χ1) is 7.63. The monoisotopic (exact) mass is 332 g/mol. The maximum absolute atomic E-state index is 10.6. The van der Waals surface area contributed by atoms with Gasteiger partial charge >= 0.3 is 0 Å². The molecule has 1 rings (SSSR count). The second-order valence-electron chi connectivity index (χ2n) is 3.05. The number of benzene rings is 1. The van der Waals surface area contributed by atoms with Crippen molar-refractivity contribution in [3.05, 3.63) is 27.3 Å². The molecule has 1 N–H and O–H groups in total. The van der Waals surface area contributed by atoms with Crippen molar-refractivity contribution in [1.82, 2.24) is 5.43 Å². The summed E-state index contributed by atoms with van der Waals surface area (Å²) in [6.07, 6.45) is 1.60. The number of amides is 1. The van der Waals surface area contributed by atoms with Gasteiger partial charge in [-0.15, -0.1) is 0 Å². The van der Waals surface area contributed by atoms with Crippen molar-refractivity contribution >= 4 is 34.7 Å². The molecule has 0 fully saturated rings. The molecule has 0 aromatic heterocycles. The zero-order chi connectivity index (χ0) is 12.0. The van der Waals surface area contributed by atoms with Gasteiger partial charge in [0.2, 0.25) is 5.91 Å². The first-order valence-corrected chi connectivity index (χ1v) is 5.93. The first kappa shape index (κ1) is 13.0. The standard InChI is InChI=1S/C11H13IN2O2/c1-3-16-11-5-4-9(6-10(11)12)7-13-14-8(2)15/h4-7H,3H2,1-2H3,(H,14,15). The smallest absolute Gasteiger partial charge is 0.236 e. The maximum atomic E-state index is 10.6. The fourth-order valence-corrected chi connectivity index (χ4v) is 1.76. The lowest BCUT2D eigenvalue weighted by Crippen LogP contribution is -2.12. The molecule has 1 amide bonds. The number of hydrazone groups is 1. The highest BCUT2D eigenvalue weighted by Crippen LogP contribution is 2.21. The van der Waals surface area contributed by atoms with Gasteiger partial charge in [0.15, 0.2) is 0 Å². The van der Waals surface area contributed by atoms with Crippen molar-refractivity contribution in [2.75, 3.05) is 6.61 Å². The van der Waals surface area contributed by atoms with Crippen LogP contribution in [0.5, 0.6) is 5.75 Å². The van der Waals surface area contributed by atoms with Gasteiger partial charge in [0.25, 0.3) is 0 Å². The third kappa shape index (κ3) is 4.18. The van der Waals surface area contributed by atoms with E-state index in [1.165, 1.54) is 6.92 Å². The van der Waals surface area contributed by atoms with Crippen molar-refractivity contribution in [1.29, 1.82) is 0 Å². The highest BCUT2D eigenvalue weighted by atomic mass is 127. The Kier molecular flexibility index (Phi) is 5.24. The van der Waals surface area contributed by atoms with Crippen LogP contribution in [0.3, 0.4) is 0 Å². The number of hydrogen-bond acceptors (Lipinski definition) is 3. The highest BCUT2D eigenvalue weighted by molar-refractivity contribution is 14.1. The summed E-state index contributed by atoms with van der Waals surface area (Å²) in [4.78, 5) is 10.6. The molecule has 0 spiro atoms. The average molecular weight is 332 g/mol. The van der Waals surface area contributed by atoms with Gasteiger partial charge in [0.1, 0.15) is 5.75 Å². The Morgan fingerprint density at radius 1 is 1.62 bits per heavy atom. The number of hydrogen-bond donors (Lipinski definition) is 1. The molecule has 0 saturated carbocycles. The Morgan fingerprint density at radius 2 is 2.38 bits per heavy atom. The Labute approximate surface area is 108 Å². The fourth-order valence-electron chi connectivity index (χ4n) is 1.07. The molecule has 0 unspecified atom stereocenters. The number of rotatable bonds is 4. The number of nitrogens with one attached hydrogen (secondary N) is 1. The van der Waals surface area contributed by atoms with E-state index < -0.39 is 0 Å². The zero-order valence-corrected chi connectivity index (χ0v) is 11.3. The number of halogens is 1. The fraction of sp³-hybridized carbons (Fsp3) is 0.273. The molecular formula is C11H13IN2O2. The number of ether oxygens (including phenoxy) is 1. The van der Waals surface area contributed by atoms with Crippen LogP contribution in [-0.4, -0.2) is 18.7 Å². The van der Waals surface area contributed by atoms with E-state index in [-0.39, 0.29) is 5.91 Å². The molecule has 4 nitrogen and oxygen atoms in total. The number of carbonyl (C=O) groups is 1. The quantitative estimate of drug-likeness (QED) is 0.522. The summed E-state index contributed by atoms with van der Waals surface area (Å²) < 4.78 is 6.43. The van der Waals surface area contributed by atoms with Gasteiger partial charge in [-0.2, -0.15) is 5.10 Å². The summed E-state index contributed by atoms with van der Waals surface area (Å²) in [5.74, 6) is 0.677. The second-order valence-corrected chi connectivity index (χ2v) is 4.21. The number of nitrogens with zero attached hydrogens (tertiary/aromatic N) is 1. The van der Waals surface area contributed by atoms with E-state index in [1.807, 2.05) is 25.1 Å². The van der Waals surface area contributed by atoms with Gasteiger partial charge in [-0.05, 0) is 53.3 Å². The van der Waals surface area contributed by atoms with Crippen LogP contribution >= 0.6 is 22.6 Å². The summed E-state index contributed by atoms with van der Waals surface area (Å²) in [6, 6.07) is 5.72. The van der Waals surface area contributed by atoms with Gasteiger partial charge in [-0.25, -0.2) is 5.43 Å². The van der Waals surface area contributed by atoms with Crippen LogP contribution in [0.1, 0.15) is 19.4 Å². The van der Waals surface area contributed by atoms with E-state index in [1.54, 1.807) is 6.21 Å². The molecule has 16 heavy (non-hydrogen) atoms. The topological polar surface area (TPSA) is 50.7 Å². The van der Waals surface area contributed by atoms with Gasteiger partial charge in [-0.3, -0.25) is 4.79 Å². The Hall–Kier alpha value is -1.11. The Balaban J connectivity index is 2.73. The van der Waals surface area contributed by atoms with E-state index >= 15 is 0 Å². The third-order valence-electron chi connectivity index (χ3n) is 1.69. The predicted octanol–water partition coefficient (Wildman–Crippen LogP) is 2.16. The number of carbonyl (C=O) groups excluding carboxylic acids is 1. The lowest BCUT2D eigenvalue weighted by Gasteiger charge is -2.05. The molecule has 1 aromatic rings. The lowest BCUT2D eigenvalue weighted by atomic mass is 10.2. The molecule has 0 saturated heterocycles. The molecule has 0 atom stereocenters. The molecule has 5 heteroatoms. The molecule has 0 heterocycles. The molecule has 1 aromatic carbocycles. The molecule has 86 valence electrons. The van der Waals surface area contributed by atoms with Crippen LogP contribution in [-0.2, 0) is 4.79 Å². The van der Waals surface area contributed by atoms with E-state index in [4.69, 9.17) is 4.74 Å². The minimum Gasteiger partial charge on any atom is -0.493 e. The summed E-state index contributed by atoms with van der Waals surface area (Å²) in [6.45, 7) is 4.01. The van der Waals surface area contributed by atoms with Gasteiger partial charge < -0.3 is 4.74 Å². The van der Waals surface area contributed by atoms with Crippen molar-refractivity contribution in [2.45, 2.75) is 13.8 Å². The SMILES string of the molecule is CCOc1ccc(C=NNC(C)=O)cc1I. The van der Waals surface area contributed by atoms with E-state index in [0.717, 1.165) is 14.9 Å². The summed E-state index contributed by atoms with van der Waals surface area (Å²) in [5.41, 5.74) is 3.27. The molecule has 0 aliphatic carbocycles. The lowest BCUT2D eigenvalue weighted by molar-refractivity contribution is -0.118. The molecular weight excluding hydrogens is 319 g/mol. The Morgan fingerprint density at radius 3 is 2.94 bits per heavy atom. The first-order valence-electron chi connectivity index (χ1n) is 4.85. The third-order valence-corrected chi connectivity index (χ3v) is 2.53. The van der Waals surface area contributed by atoms with E-state index in [2.05, 4.69) is 33.1 Å². The van der Waals surface area contributed by atoms with Crippen molar-refractivity contribution < 1.29 is 9.53 Å². The normalized spacial score (nSPS) is 10.4. The summed E-state index contributed by atoms with van der Waals surface area (Å²) >= 11 is 2.20. The minimum atomic E-state index is -0.183. The highest BCUT2D eigenvalue weighted by Gasteiger charge is 2.00. The van der Waals surface area contributed by atoms with E-state index in [9.17, 15) is 4.79 Å². The second kappa shape index (κ2) is 6.47. The van der Waals surface area contributed by atoms with Crippen molar-refractivity contribution in [3.8, 4) is 5.75 Å².